The first-order chi connectivity index (χ1) is 11.6. The van der Waals surface area contributed by atoms with Crippen molar-refractivity contribution in [3.63, 3.8) is 0 Å². The number of aromatic nitrogens is 1. The average Bonchev–Trinajstić information content (AvgIpc) is 3.03. The molecule has 0 radical (unpaired) electrons. The molecule has 2 aliphatic heterocycles. The van der Waals surface area contributed by atoms with Crippen LogP contribution in [-0.2, 0) is 4.79 Å². The van der Waals surface area contributed by atoms with Crippen LogP contribution in [0.15, 0.2) is 36.5 Å². The van der Waals surface area contributed by atoms with E-state index >= 15 is 0 Å². The van der Waals surface area contributed by atoms with Gasteiger partial charge in [-0.05, 0) is 49.9 Å². The van der Waals surface area contributed by atoms with Gasteiger partial charge in [-0.3, -0.25) is 14.6 Å². The third-order valence-electron chi connectivity index (χ3n) is 5.41. The summed E-state index contributed by atoms with van der Waals surface area (Å²) in [6, 6.07) is 9.40. The van der Waals surface area contributed by atoms with E-state index in [0.29, 0.717) is 12.1 Å². The molecule has 2 saturated heterocycles. The maximum Gasteiger partial charge on any atom is 0.254 e. The zero-order valence-electron chi connectivity index (χ0n) is 13.9. The molecule has 1 unspecified atom stereocenters. The Bertz CT molecular complexity index is 819. The number of amides is 2. The van der Waals surface area contributed by atoms with Gasteiger partial charge in [-0.1, -0.05) is 6.07 Å². The second kappa shape index (κ2) is 5.58. The standard InChI is InChI=1S/C19H21N3O2/c1-21-11-3-8-19(18(21)24)9-4-12-22(19)17(23)15-6-7-16-14(13-15)5-2-10-20-16/h2,5-7,10,13H,3-4,8-9,11-12H2,1H3. The fourth-order valence-electron chi connectivity index (χ4n) is 4.19. The molecule has 2 aliphatic rings. The lowest BCUT2D eigenvalue weighted by atomic mass is 9.85. The number of nitrogens with zero attached hydrogens (tertiary/aromatic N) is 3. The Labute approximate surface area is 141 Å². The van der Waals surface area contributed by atoms with E-state index in [0.717, 1.165) is 43.1 Å². The normalized spacial score (nSPS) is 24.1. The quantitative estimate of drug-likeness (QED) is 0.810. The highest BCUT2D eigenvalue weighted by Gasteiger charge is 2.52. The Balaban J connectivity index is 1.70. The summed E-state index contributed by atoms with van der Waals surface area (Å²) in [4.78, 5) is 33.9. The van der Waals surface area contributed by atoms with Crippen molar-refractivity contribution < 1.29 is 9.59 Å². The van der Waals surface area contributed by atoms with Gasteiger partial charge in [0.05, 0.1) is 5.52 Å². The molecule has 0 saturated carbocycles. The highest BCUT2D eigenvalue weighted by molar-refractivity contribution is 6.02. The fraction of sp³-hybridized carbons (Fsp3) is 0.421. The van der Waals surface area contributed by atoms with Crippen LogP contribution >= 0.6 is 0 Å². The molecule has 24 heavy (non-hydrogen) atoms. The van der Waals surface area contributed by atoms with E-state index in [9.17, 15) is 9.59 Å². The van der Waals surface area contributed by atoms with E-state index in [1.54, 1.807) is 11.1 Å². The molecule has 3 heterocycles. The first-order valence-electron chi connectivity index (χ1n) is 8.54. The average molecular weight is 323 g/mol. The maximum atomic E-state index is 13.2. The summed E-state index contributed by atoms with van der Waals surface area (Å²) < 4.78 is 0. The molecule has 0 aliphatic carbocycles. The molecule has 5 nitrogen and oxygen atoms in total. The molecule has 0 bridgehead atoms. The Morgan fingerprint density at radius 1 is 1.17 bits per heavy atom. The van der Waals surface area contributed by atoms with Crippen LogP contribution in [0, 0.1) is 0 Å². The number of fused-ring (bicyclic) bond motifs is 1. The molecule has 2 amide bonds. The van der Waals surface area contributed by atoms with Gasteiger partial charge in [-0.15, -0.1) is 0 Å². The third kappa shape index (κ3) is 2.19. The van der Waals surface area contributed by atoms with E-state index in [-0.39, 0.29) is 11.8 Å². The summed E-state index contributed by atoms with van der Waals surface area (Å²) in [6.45, 7) is 1.44. The van der Waals surface area contributed by atoms with Gasteiger partial charge >= 0.3 is 0 Å². The molecule has 2 aromatic rings. The number of carbonyl (C=O) groups is 2. The number of likely N-dealkylation sites (tertiary alicyclic amines) is 2. The van der Waals surface area contributed by atoms with Crippen molar-refractivity contribution in [2.24, 2.45) is 0 Å². The van der Waals surface area contributed by atoms with E-state index in [4.69, 9.17) is 0 Å². The number of benzene rings is 1. The van der Waals surface area contributed by atoms with Crippen LogP contribution < -0.4 is 0 Å². The molecule has 1 aromatic heterocycles. The van der Waals surface area contributed by atoms with Gasteiger partial charge in [0.1, 0.15) is 5.54 Å². The van der Waals surface area contributed by atoms with Crippen LogP contribution in [0.25, 0.3) is 10.9 Å². The van der Waals surface area contributed by atoms with E-state index < -0.39 is 5.54 Å². The molecule has 1 aromatic carbocycles. The SMILES string of the molecule is CN1CCCC2(CCCN2C(=O)c2ccc3ncccc3c2)C1=O. The molecule has 5 heteroatoms. The Morgan fingerprint density at radius 2 is 1.96 bits per heavy atom. The van der Waals surface area contributed by atoms with Crippen molar-refractivity contribution in [2.45, 2.75) is 31.2 Å². The Hall–Kier alpha value is -2.43. The number of carbonyl (C=O) groups excluding carboxylic acids is 2. The second-order valence-corrected chi connectivity index (χ2v) is 6.83. The van der Waals surface area contributed by atoms with Crippen molar-refractivity contribution in [3.8, 4) is 0 Å². The fourth-order valence-corrected chi connectivity index (χ4v) is 4.19. The van der Waals surface area contributed by atoms with Gasteiger partial charge in [0.25, 0.3) is 5.91 Å². The molecule has 0 N–H and O–H groups in total. The molecule has 2 fully saturated rings. The third-order valence-corrected chi connectivity index (χ3v) is 5.41. The van der Waals surface area contributed by atoms with Gasteiger partial charge in [-0.25, -0.2) is 0 Å². The number of hydrogen-bond acceptors (Lipinski definition) is 3. The van der Waals surface area contributed by atoms with Gasteiger partial charge in [0.2, 0.25) is 5.91 Å². The highest BCUT2D eigenvalue weighted by Crippen LogP contribution is 2.38. The van der Waals surface area contributed by atoms with Crippen LogP contribution in [0.2, 0.25) is 0 Å². The second-order valence-electron chi connectivity index (χ2n) is 6.83. The molecule has 4 rings (SSSR count). The minimum Gasteiger partial charge on any atom is -0.344 e. The lowest BCUT2D eigenvalue weighted by Crippen LogP contribution is -2.60. The van der Waals surface area contributed by atoms with Gasteiger partial charge < -0.3 is 9.80 Å². The number of rotatable bonds is 1. The Morgan fingerprint density at radius 3 is 2.79 bits per heavy atom. The van der Waals surface area contributed by atoms with Crippen LogP contribution in [0.4, 0.5) is 0 Å². The molecule has 1 atom stereocenters. The first-order valence-corrected chi connectivity index (χ1v) is 8.54. The summed E-state index contributed by atoms with van der Waals surface area (Å²) in [5.41, 5.74) is 0.880. The molecular weight excluding hydrogens is 302 g/mol. The minimum absolute atomic E-state index is 0.0399. The largest absolute Gasteiger partial charge is 0.344 e. The van der Waals surface area contributed by atoms with E-state index in [1.165, 1.54) is 0 Å². The zero-order valence-corrected chi connectivity index (χ0v) is 13.9. The van der Waals surface area contributed by atoms with Crippen molar-refractivity contribution in [1.29, 1.82) is 0 Å². The lowest BCUT2D eigenvalue weighted by Gasteiger charge is -2.43. The highest BCUT2D eigenvalue weighted by atomic mass is 16.2. The number of pyridine rings is 1. The maximum absolute atomic E-state index is 13.2. The van der Waals surface area contributed by atoms with Gasteiger partial charge in [0, 0.05) is 37.3 Å². The topological polar surface area (TPSA) is 53.5 Å². The van der Waals surface area contributed by atoms with E-state index in [1.807, 2.05) is 42.3 Å². The van der Waals surface area contributed by atoms with Crippen LogP contribution in [0.1, 0.15) is 36.0 Å². The summed E-state index contributed by atoms with van der Waals surface area (Å²) >= 11 is 0. The van der Waals surface area contributed by atoms with Crippen molar-refractivity contribution in [3.05, 3.63) is 42.1 Å². The monoisotopic (exact) mass is 323 g/mol. The van der Waals surface area contributed by atoms with Crippen molar-refractivity contribution in [1.82, 2.24) is 14.8 Å². The summed E-state index contributed by atoms with van der Waals surface area (Å²) in [6.07, 6.45) is 5.14. The number of piperidine rings is 1. The first kappa shape index (κ1) is 15.1. The summed E-state index contributed by atoms with van der Waals surface area (Å²) in [5.74, 6) is 0.0592. The van der Waals surface area contributed by atoms with Crippen LogP contribution in [0.3, 0.4) is 0 Å². The van der Waals surface area contributed by atoms with Crippen LogP contribution in [-0.4, -0.2) is 52.3 Å². The van der Waals surface area contributed by atoms with Gasteiger partial charge in [-0.2, -0.15) is 0 Å². The Kier molecular flexibility index (Phi) is 3.52. The molecular formula is C19H21N3O2. The van der Waals surface area contributed by atoms with Crippen molar-refractivity contribution >= 4 is 22.7 Å². The number of hydrogen-bond donors (Lipinski definition) is 0. The predicted molar refractivity (Wildman–Crippen MR) is 91.6 cm³/mol. The molecule has 1 spiro atoms. The summed E-state index contributed by atoms with van der Waals surface area (Å²) in [5, 5.41) is 0.948. The zero-order chi connectivity index (χ0) is 16.7. The van der Waals surface area contributed by atoms with E-state index in [2.05, 4.69) is 4.98 Å². The minimum atomic E-state index is -0.631. The lowest BCUT2D eigenvalue weighted by molar-refractivity contribution is -0.144. The summed E-state index contributed by atoms with van der Waals surface area (Å²) in [7, 11) is 1.84. The smallest absolute Gasteiger partial charge is 0.254 e. The number of likely N-dealkylation sites (N-methyl/N-ethyl adjacent to an activating group) is 1. The van der Waals surface area contributed by atoms with Crippen molar-refractivity contribution in [2.75, 3.05) is 20.1 Å². The van der Waals surface area contributed by atoms with Gasteiger partial charge in [0.15, 0.2) is 0 Å². The van der Waals surface area contributed by atoms with Crippen LogP contribution in [0.5, 0.6) is 0 Å². The predicted octanol–water partition coefficient (Wildman–Crippen LogP) is 2.46. The molecule has 124 valence electrons.